The fourth-order valence-electron chi connectivity index (χ4n) is 3.65. The van der Waals surface area contributed by atoms with Gasteiger partial charge in [-0.25, -0.2) is 8.42 Å². The summed E-state index contributed by atoms with van der Waals surface area (Å²) in [6, 6.07) is 13.3. The van der Waals surface area contributed by atoms with E-state index in [4.69, 9.17) is 20.8 Å². The molecule has 0 amide bonds. The van der Waals surface area contributed by atoms with Gasteiger partial charge in [0, 0.05) is 36.8 Å². The molecule has 1 aliphatic heterocycles. The Labute approximate surface area is 193 Å². The van der Waals surface area contributed by atoms with Crippen LogP contribution in [0.3, 0.4) is 0 Å². The van der Waals surface area contributed by atoms with Crippen LogP contribution in [-0.2, 0) is 9.84 Å². The minimum absolute atomic E-state index is 0.0753. The van der Waals surface area contributed by atoms with E-state index in [1.807, 2.05) is 36.1 Å². The second-order valence-electron chi connectivity index (χ2n) is 7.47. The first-order valence-electron chi connectivity index (χ1n) is 10.6. The molecule has 1 fully saturated rings. The number of piperazine rings is 1. The SMILES string of the molecule is CCOc1ccc(-c2nc(S(=O)(=O)c3ccc(Cl)cc3)c(N3CCN(CC)CC3)o2)cc1. The lowest BCUT2D eigenvalue weighted by Crippen LogP contribution is -2.46. The Hall–Kier alpha value is -2.55. The molecule has 0 bridgehead atoms. The Morgan fingerprint density at radius 2 is 1.66 bits per heavy atom. The van der Waals surface area contributed by atoms with Crippen molar-refractivity contribution in [1.29, 1.82) is 0 Å². The number of hydrogen-bond donors (Lipinski definition) is 0. The standard InChI is InChI=1S/C23H26ClN3O4S/c1-3-26-13-15-27(16-14-26)23-22(32(28,29)20-11-7-18(24)8-12-20)25-21(31-23)17-5-9-19(10-6-17)30-4-2/h5-12H,3-4,13-16H2,1-2H3. The highest BCUT2D eigenvalue weighted by Crippen LogP contribution is 2.35. The van der Waals surface area contributed by atoms with Gasteiger partial charge in [-0.15, -0.1) is 0 Å². The summed E-state index contributed by atoms with van der Waals surface area (Å²) in [5.74, 6) is 1.26. The number of benzene rings is 2. The van der Waals surface area contributed by atoms with E-state index in [0.717, 1.165) is 25.4 Å². The molecule has 9 heteroatoms. The summed E-state index contributed by atoms with van der Waals surface area (Å²) < 4.78 is 38.6. The molecule has 1 aromatic heterocycles. The average molecular weight is 476 g/mol. The maximum Gasteiger partial charge on any atom is 0.236 e. The highest BCUT2D eigenvalue weighted by Gasteiger charge is 2.32. The molecule has 3 aromatic rings. The third-order valence-corrected chi connectivity index (χ3v) is 7.40. The van der Waals surface area contributed by atoms with Gasteiger partial charge in [0.1, 0.15) is 5.75 Å². The molecule has 0 aliphatic carbocycles. The molecule has 2 aromatic carbocycles. The van der Waals surface area contributed by atoms with Crippen molar-refractivity contribution in [2.24, 2.45) is 0 Å². The van der Waals surface area contributed by atoms with Crippen LogP contribution in [0.4, 0.5) is 5.88 Å². The second-order valence-corrected chi connectivity index (χ2v) is 9.77. The smallest absolute Gasteiger partial charge is 0.236 e. The molecule has 1 saturated heterocycles. The van der Waals surface area contributed by atoms with Gasteiger partial charge in [0.2, 0.25) is 26.6 Å². The molecule has 170 valence electrons. The number of anilines is 1. The predicted octanol–water partition coefficient (Wildman–Crippen LogP) is 4.37. The molecular formula is C23H26ClN3O4S. The Balaban J connectivity index is 1.75. The van der Waals surface area contributed by atoms with Crippen molar-refractivity contribution in [2.45, 2.75) is 23.8 Å². The lowest BCUT2D eigenvalue weighted by Gasteiger charge is -2.33. The van der Waals surface area contributed by atoms with Gasteiger partial charge in [-0.05, 0) is 62.0 Å². The van der Waals surface area contributed by atoms with E-state index < -0.39 is 9.84 Å². The van der Waals surface area contributed by atoms with E-state index in [1.54, 1.807) is 12.1 Å². The van der Waals surface area contributed by atoms with Gasteiger partial charge in [0.15, 0.2) is 0 Å². The summed E-state index contributed by atoms with van der Waals surface area (Å²) in [6.07, 6.45) is 0. The number of hydrogen-bond acceptors (Lipinski definition) is 7. The van der Waals surface area contributed by atoms with Gasteiger partial charge in [0.25, 0.3) is 0 Å². The third kappa shape index (κ3) is 4.62. The van der Waals surface area contributed by atoms with Crippen LogP contribution in [-0.4, -0.2) is 57.6 Å². The molecule has 0 atom stereocenters. The molecular weight excluding hydrogens is 450 g/mol. The van der Waals surface area contributed by atoms with Crippen molar-refractivity contribution in [3.8, 4) is 17.2 Å². The van der Waals surface area contributed by atoms with Crippen LogP contribution in [0.25, 0.3) is 11.5 Å². The highest BCUT2D eigenvalue weighted by atomic mass is 35.5. The van der Waals surface area contributed by atoms with Gasteiger partial charge in [0.05, 0.1) is 11.5 Å². The van der Waals surface area contributed by atoms with Gasteiger partial charge in [-0.2, -0.15) is 4.98 Å². The zero-order valence-electron chi connectivity index (χ0n) is 18.1. The lowest BCUT2D eigenvalue weighted by atomic mass is 10.2. The monoisotopic (exact) mass is 475 g/mol. The second kappa shape index (κ2) is 9.52. The first kappa shape index (κ1) is 22.6. The number of oxazole rings is 1. The number of likely N-dealkylation sites (N-methyl/N-ethyl adjacent to an activating group) is 1. The van der Waals surface area contributed by atoms with Crippen LogP contribution in [0.5, 0.6) is 5.75 Å². The normalized spacial score (nSPS) is 15.2. The van der Waals surface area contributed by atoms with Crippen molar-refractivity contribution in [1.82, 2.24) is 9.88 Å². The number of aromatic nitrogens is 1. The summed E-state index contributed by atoms with van der Waals surface area (Å²) in [5, 5.41) is 0.392. The number of rotatable bonds is 7. The molecule has 0 spiro atoms. The molecule has 1 aliphatic rings. The number of nitrogens with zero attached hydrogens (tertiary/aromatic N) is 3. The largest absolute Gasteiger partial charge is 0.494 e. The van der Waals surface area contributed by atoms with Gasteiger partial charge in [-0.3, -0.25) is 0 Å². The van der Waals surface area contributed by atoms with Crippen LogP contribution in [0.2, 0.25) is 5.02 Å². The molecule has 2 heterocycles. The summed E-state index contributed by atoms with van der Waals surface area (Å²) in [7, 11) is -3.90. The van der Waals surface area contributed by atoms with Crippen molar-refractivity contribution >= 4 is 27.3 Å². The van der Waals surface area contributed by atoms with Crippen LogP contribution in [0.1, 0.15) is 13.8 Å². The summed E-state index contributed by atoms with van der Waals surface area (Å²) in [5.41, 5.74) is 0.680. The maximum absolute atomic E-state index is 13.5. The van der Waals surface area contributed by atoms with Gasteiger partial charge in [-0.1, -0.05) is 18.5 Å². The Morgan fingerprint density at radius 3 is 2.25 bits per heavy atom. The van der Waals surface area contributed by atoms with Crippen molar-refractivity contribution < 1.29 is 17.6 Å². The maximum atomic E-state index is 13.5. The lowest BCUT2D eigenvalue weighted by molar-refractivity contribution is 0.266. The first-order chi connectivity index (χ1) is 15.4. The fourth-order valence-corrected chi connectivity index (χ4v) is 5.10. The Bertz CT molecular complexity index is 1150. The summed E-state index contributed by atoms with van der Waals surface area (Å²) >= 11 is 5.96. The minimum atomic E-state index is -3.90. The first-order valence-corrected chi connectivity index (χ1v) is 12.5. The number of ether oxygens (including phenoxy) is 1. The fraction of sp³-hybridized carbons (Fsp3) is 0.348. The zero-order chi connectivity index (χ0) is 22.7. The van der Waals surface area contributed by atoms with Crippen molar-refractivity contribution in [3.63, 3.8) is 0 Å². The highest BCUT2D eigenvalue weighted by molar-refractivity contribution is 7.91. The molecule has 4 rings (SSSR count). The number of sulfone groups is 1. The van der Waals surface area contributed by atoms with E-state index in [0.29, 0.717) is 30.3 Å². The Morgan fingerprint density at radius 1 is 1.00 bits per heavy atom. The van der Waals surface area contributed by atoms with E-state index >= 15 is 0 Å². The van der Waals surface area contributed by atoms with Crippen molar-refractivity contribution in [3.05, 3.63) is 53.6 Å². The van der Waals surface area contributed by atoms with Crippen LogP contribution >= 0.6 is 11.6 Å². The molecule has 32 heavy (non-hydrogen) atoms. The molecule has 0 N–H and O–H groups in total. The predicted molar refractivity (Wildman–Crippen MR) is 124 cm³/mol. The minimum Gasteiger partial charge on any atom is -0.494 e. The molecule has 0 saturated carbocycles. The van der Waals surface area contributed by atoms with Gasteiger partial charge < -0.3 is 19.0 Å². The average Bonchev–Trinajstić information content (AvgIpc) is 3.27. The third-order valence-electron chi connectivity index (χ3n) is 5.48. The number of halogens is 1. The Kier molecular flexibility index (Phi) is 6.74. The topological polar surface area (TPSA) is 75.9 Å². The molecule has 0 unspecified atom stereocenters. The van der Waals surface area contributed by atoms with Gasteiger partial charge >= 0.3 is 0 Å². The van der Waals surface area contributed by atoms with E-state index in [2.05, 4.69) is 16.8 Å². The quantitative estimate of drug-likeness (QED) is 0.502. The van der Waals surface area contributed by atoms with Crippen molar-refractivity contribution in [2.75, 3.05) is 44.2 Å². The summed E-state index contributed by atoms with van der Waals surface area (Å²) in [4.78, 5) is 8.86. The van der Waals surface area contributed by atoms with Crippen LogP contribution in [0.15, 0.2) is 62.9 Å². The molecule has 0 radical (unpaired) electrons. The van der Waals surface area contributed by atoms with Crippen LogP contribution in [0, 0.1) is 0 Å². The summed E-state index contributed by atoms with van der Waals surface area (Å²) in [6.45, 7) is 8.54. The van der Waals surface area contributed by atoms with Crippen LogP contribution < -0.4 is 9.64 Å². The molecule has 7 nitrogen and oxygen atoms in total. The van der Waals surface area contributed by atoms with E-state index in [1.165, 1.54) is 12.1 Å². The van der Waals surface area contributed by atoms with E-state index in [-0.39, 0.29) is 21.7 Å². The zero-order valence-corrected chi connectivity index (χ0v) is 19.7. The van der Waals surface area contributed by atoms with E-state index in [9.17, 15) is 8.42 Å².